The van der Waals surface area contributed by atoms with Crippen molar-refractivity contribution in [3.63, 3.8) is 0 Å². The van der Waals surface area contributed by atoms with Crippen LogP contribution in [0, 0.1) is 5.92 Å². The van der Waals surface area contributed by atoms with Crippen molar-refractivity contribution in [2.24, 2.45) is 5.92 Å². The zero-order valence-corrected chi connectivity index (χ0v) is 12.9. The molecule has 1 aromatic heterocycles. The average molecular weight is 289 g/mol. The molecule has 0 saturated heterocycles. The number of carbonyl (C=O) groups excluding carboxylic acids is 1. The number of benzene rings is 2. The van der Waals surface area contributed by atoms with Gasteiger partial charge in [0.05, 0.1) is 11.2 Å². The lowest BCUT2D eigenvalue weighted by atomic mass is 9.99. The number of pyridine rings is 1. The first-order chi connectivity index (χ1) is 10.6. The SMILES string of the molecule is CC(C)C(=O)Cc1ccc(-c2ccc3ccccc3n2)cc1. The van der Waals surface area contributed by atoms with Gasteiger partial charge in [0.25, 0.3) is 0 Å². The van der Waals surface area contributed by atoms with Crippen LogP contribution in [-0.2, 0) is 11.2 Å². The van der Waals surface area contributed by atoms with Crippen molar-refractivity contribution in [2.45, 2.75) is 20.3 Å². The maximum atomic E-state index is 11.8. The van der Waals surface area contributed by atoms with Crippen molar-refractivity contribution in [3.8, 4) is 11.3 Å². The predicted molar refractivity (Wildman–Crippen MR) is 90.7 cm³/mol. The van der Waals surface area contributed by atoms with Crippen molar-refractivity contribution in [2.75, 3.05) is 0 Å². The van der Waals surface area contributed by atoms with Crippen LogP contribution in [0.15, 0.2) is 60.7 Å². The molecule has 110 valence electrons. The van der Waals surface area contributed by atoms with E-state index in [1.165, 1.54) is 0 Å². The highest BCUT2D eigenvalue weighted by Gasteiger charge is 2.08. The van der Waals surface area contributed by atoms with E-state index in [1.54, 1.807) is 0 Å². The van der Waals surface area contributed by atoms with E-state index in [0.717, 1.165) is 27.7 Å². The summed E-state index contributed by atoms with van der Waals surface area (Å²) < 4.78 is 0. The number of hydrogen-bond donors (Lipinski definition) is 0. The Kier molecular flexibility index (Phi) is 4.01. The third kappa shape index (κ3) is 3.06. The summed E-state index contributed by atoms with van der Waals surface area (Å²) in [5.74, 6) is 0.360. The van der Waals surface area contributed by atoms with E-state index in [0.29, 0.717) is 6.42 Å². The zero-order chi connectivity index (χ0) is 15.5. The lowest BCUT2D eigenvalue weighted by molar-refractivity contribution is -0.121. The number of carbonyl (C=O) groups is 1. The Morgan fingerprint density at radius 3 is 2.41 bits per heavy atom. The molecule has 2 aromatic carbocycles. The van der Waals surface area contributed by atoms with Crippen LogP contribution in [-0.4, -0.2) is 10.8 Å². The molecule has 0 aliphatic carbocycles. The van der Waals surface area contributed by atoms with Crippen molar-refractivity contribution in [1.29, 1.82) is 0 Å². The quantitative estimate of drug-likeness (QED) is 0.698. The Bertz CT molecular complexity index is 803. The van der Waals surface area contributed by atoms with Crippen LogP contribution >= 0.6 is 0 Å². The number of para-hydroxylation sites is 1. The molecule has 0 spiro atoms. The van der Waals surface area contributed by atoms with Gasteiger partial charge in [-0.1, -0.05) is 62.4 Å². The molecule has 0 aliphatic heterocycles. The minimum Gasteiger partial charge on any atom is -0.299 e. The van der Waals surface area contributed by atoms with E-state index in [9.17, 15) is 4.79 Å². The molecule has 0 radical (unpaired) electrons. The summed E-state index contributed by atoms with van der Waals surface area (Å²) in [5.41, 5.74) is 4.09. The lowest BCUT2D eigenvalue weighted by Gasteiger charge is -2.06. The summed E-state index contributed by atoms with van der Waals surface area (Å²) in [6, 6.07) is 20.4. The first-order valence-electron chi connectivity index (χ1n) is 7.61. The fourth-order valence-electron chi connectivity index (χ4n) is 2.43. The highest BCUT2D eigenvalue weighted by Crippen LogP contribution is 2.21. The summed E-state index contributed by atoms with van der Waals surface area (Å²) in [4.78, 5) is 16.5. The fraction of sp³-hybridized carbons (Fsp3) is 0.200. The third-order valence-corrected chi connectivity index (χ3v) is 3.87. The monoisotopic (exact) mass is 289 g/mol. The summed E-state index contributed by atoms with van der Waals surface area (Å²) in [7, 11) is 0. The van der Waals surface area contributed by atoms with E-state index in [4.69, 9.17) is 4.98 Å². The van der Waals surface area contributed by atoms with Crippen LogP contribution < -0.4 is 0 Å². The molecule has 0 N–H and O–H groups in total. The fourth-order valence-corrected chi connectivity index (χ4v) is 2.43. The summed E-state index contributed by atoms with van der Waals surface area (Å²) in [6.45, 7) is 3.88. The molecular weight excluding hydrogens is 270 g/mol. The maximum absolute atomic E-state index is 11.8. The van der Waals surface area contributed by atoms with Crippen LogP contribution in [0.5, 0.6) is 0 Å². The number of ketones is 1. The Balaban J connectivity index is 1.86. The smallest absolute Gasteiger partial charge is 0.139 e. The number of Topliss-reactive ketones (excluding diaryl/α,β-unsaturated/α-hetero) is 1. The molecule has 0 saturated carbocycles. The standard InChI is InChI=1S/C20H19NO/c1-14(2)20(22)13-15-7-9-17(10-8-15)19-12-11-16-5-3-4-6-18(16)21-19/h3-12,14H,13H2,1-2H3. The van der Waals surface area contributed by atoms with Gasteiger partial charge in [-0.25, -0.2) is 4.98 Å². The van der Waals surface area contributed by atoms with E-state index in [-0.39, 0.29) is 11.7 Å². The maximum Gasteiger partial charge on any atom is 0.139 e. The lowest BCUT2D eigenvalue weighted by Crippen LogP contribution is -2.09. The highest BCUT2D eigenvalue weighted by molar-refractivity contribution is 5.83. The number of hydrogen-bond acceptors (Lipinski definition) is 2. The number of fused-ring (bicyclic) bond motifs is 1. The van der Waals surface area contributed by atoms with E-state index >= 15 is 0 Å². The van der Waals surface area contributed by atoms with Gasteiger partial charge in [0.15, 0.2) is 0 Å². The Morgan fingerprint density at radius 2 is 1.68 bits per heavy atom. The zero-order valence-electron chi connectivity index (χ0n) is 12.9. The van der Waals surface area contributed by atoms with Gasteiger partial charge < -0.3 is 0 Å². The van der Waals surface area contributed by atoms with Crippen molar-refractivity contribution < 1.29 is 4.79 Å². The second-order valence-electron chi connectivity index (χ2n) is 5.88. The third-order valence-electron chi connectivity index (χ3n) is 3.87. The summed E-state index contributed by atoms with van der Waals surface area (Å²) >= 11 is 0. The minimum atomic E-state index is 0.0850. The normalized spacial score (nSPS) is 11.0. The molecule has 2 nitrogen and oxygen atoms in total. The molecule has 2 heteroatoms. The van der Waals surface area contributed by atoms with Crippen LogP contribution in [0.4, 0.5) is 0 Å². The average Bonchev–Trinajstić information content (AvgIpc) is 2.55. The van der Waals surface area contributed by atoms with Gasteiger partial charge in [-0.2, -0.15) is 0 Å². The van der Waals surface area contributed by atoms with E-state index in [2.05, 4.69) is 12.1 Å². The van der Waals surface area contributed by atoms with Gasteiger partial charge in [0.1, 0.15) is 5.78 Å². The van der Waals surface area contributed by atoms with Crippen LogP contribution in [0.3, 0.4) is 0 Å². The molecule has 22 heavy (non-hydrogen) atoms. The van der Waals surface area contributed by atoms with Gasteiger partial charge in [0, 0.05) is 23.3 Å². The first-order valence-corrected chi connectivity index (χ1v) is 7.61. The topological polar surface area (TPSA) is 30.0 Å². The predicted octanol–water partition coefficient (Wildman–Crippen LogP) is 4.67. The molecule has 3 rings (SSSR count). The van der Waals surface area contributed by atoms with Crippen molar-refractivity contribution in [1.82, 2.24) is 4.98 Å². The summed E-state index contributed by atoms with van der Waals surface area (Å²) in [5, 5.41) is 1.14. The highest BCUT2D eigenvalue weighted by atomic mass is 16.1. The number of nitrogens with zero attached hydrogens (tertiary/aromatic N) is 1. The van der Waals surface area contributed by atoms with Crippen LogP contribution in [0.25, 0.3) is 22.2 Å². The largest absolute Gasteiger partial charge is 0.299 e. The van der Waals surface area contributed by atoms with Gasteiger partial charge in [-0.05, 0) is 17.7 Å². The van der Waals surface area contributed by atoms with Crippen LogP contribution in [0.2, 0.25) is 0 Å². The Labute approximate surface area is 130 Å². The van der Waals surface area contributed by atoms with Gasteiger partial charge in [0.2, 0.25) is 0 Å². The molecule has 0 aliphatic rings. The van der Waals surface area contributed by atoms with Crippen molar-refractivity contribution in [3.05, 3.63) is 66.2 Å². The molecule has 1 heterocycles. The van der Waals surface area contributed by atoms with Gasteiger partial charge in [-0.3, -0.25) is 4.79 Å². The molecule has 0 atom stereocenters. The molecule has 0 amide bonds. The first kappa shape index (κ1) is 14.5. The second-order valence-corrected chi connectivity index (χ2v) is 5.88. The molecule has 0 bridgehead atoms. The van der Waals surface area contributed by atoms with Crippen LogP contribution in [0.1, 0.15) is 19.4 Å². The molecule has 3 aromatic rings. The van der Waals surface area contributed by atoms with Gasteiger partial charge in [-0.15, -0.1) is 0 Å². The molecule has 0 fully saturated rings. The van der Waals surface area contributed by atoms with Gasteiger partial charge >= 0.3 is 0 Å². The van der Waals surface area contributed by atoms with E-state index in [1.807, 2.05) is 62.4 Å². The Hall–Kier alpha value is -2.48. The minimum absolute atomic E-state index is 0.0850. The molecule has 0 unspecified atom stereocenters. The number of aromatic nitrogens is 1. The van der Waals surface area contributed by atoms with E-state index < -0.39 is 0 Å². The second kappa shape index (κ2) is 6.10. The number of rotatable bonds is 4. The van der Waals surface area contributed by atoms with Crippen molar-refractivity contribution >= 4 is 16.7 Å². The molecular formula is C20H19NO. The Morgan fingerprint density at radius 1 is 0.955 bits per heavy atom. The summed E-state index contributed by atoms with van der Waals surface area (Å²) in [6.07, 6.45) is 0.503.